The molecule has 0 aliphatic rings. The molecule has 1 aromatic carbocycles. The highest BCUT2D eigenvalue weighted by Crippen LogP contribution is 2.23. The first kappa shape index (κ1) is 16.5. The molecule has 5 heteroatoms. The first-order valence-corrected chi connectivity index (χ1v) is 11.2. The Morgan fingerprint density at radius 3 is 2.73 bits per heavy atom. The summed E-state index contributed by atoms with van der Waals surface area (Å²) in [4.78, 5) is 0. The summed E-state index contributed by atoms with van der Waals surface area (Å²) in [6, 6.07) is 9.03. The molecule has 116 valence electrons. The molecule has 2 rings (SSSR count). The maximum atomic E-state index is 8.93. The molecular formula is C17H23N3OSi. The monoisotopic (exact) mass is 313 g/mol. The van der Waals surface area contributed by atoms with Crippen LogP contribution in [0.15, 0.2) is 30.6 Å². The molecular weight excluding hydrogens is 290 g/mol. The number of nitriles is 1. The summed E-state index contributed by atoms with van der Waals surface area (Å²) in [5, 5.41) is 13.3. The quantitative estimate of drug-likeness (QED) is 0.597. The molecule has 4 nitrogen and oxygen atoms in total. The highest BCUT2D eigenvalue weighted by Gasteiger charge is 2.12. The second-order valence-electron chi connectivity index (χ2n) is 6.76. The van der Waals surface area contributed by atoms with E-state index in [-0.39, 0.29) is 0 Å². The maximum absolute atomic E-state index is 8.93. The highest BCUT2D eigenvalue weighted by molar-refractivity contribution is 6.76. The van der Waals surface area contributed by atoms with Gasteiger partial charge in [0.1, 0.15) is 6.73 Å². The second kappa shape index (κ2) is 6.90. The van der Waals surface area contributed by atoms with Crippen LogP contribution in [0.25, 0.3) is 11.1 Å². The average molecular weight is 313 g/mol. The fourth-order valence-corrected chi connectivity index (χ4v) is 2.92. The number of aryl methyl sites for hydroxylation is 1. The molecule has 22 heavy (non-hydrogen) atoms. The fraction of sp³-hybridized carbons (Fsp3) is 0.412. The third kappa shape index (κ3) is 4.55. The van der Waals surface area contributed by atoms with E-state index in [1.54, 1.807) is 0 Å². The van der Waals surface area contributed by atoms with Crippen LogP contribution in [-0.4, -0.2) is 24.5 Å². The first-order valence-electron chi connectivity index (χ1n) is 7.50. The maximum Gasteiger partial charge on any atom is 0.139 e. The predicted octanol–water partition coefficient (Wildman–Crippen LogP) is 4.04. The lowest BCUT2D eigenvalue weighted by atomic mass is 10.0. The number of benzene rings is 1. The minimum Gasteiger partial charge on any atom is -0.360 e. The van der Waals surface area contributed by atoms with Crippen molar-refractivity contribution in [2.24, 2.45) is 0 Å². The Labute approximate surface area is 133 Å². The van der Waals surface area contributed by atoms with Crippen LogP contribution in [0.1, 0.15) is 11.1 Å². The Hall–Kier alpha value is -1.90. The SMILES string of the molecule is Cc1cc(C#N)ccc1-c1cnn(COCC[Si](C)(C)C)c1. The Bertz CT molecular complexity index is 680. The van der Waals surface area contributed by atoms with E-state index >= 15 is 0 Å². The molecule has 0 fully saturated rings. The van der Waals surface area contributed by atoms with Gasteiger partial charge in [0.2, 0.25) is 0 Å². The molecule has 0 bridgehead atoms. The van der Waals surface area contributed by atoms with E-state index in [1.807, 2.05) is 42.2 Å². The van der Waals surface area contributed by atoms with Gasteiger partial charge < -0.3 is 4.74 Å². The Kier molecular flexibility index (Phi) is 5.17. The number of hydrogen-bond acceptors (Lipinski definition) is 3. The van der Waals surface area contributed by atoms with Gasteiger partial charge in [-0.15, -0.1) is 0 Å². The van der Waals surface area contributed by atoms with E-state index in [9.17, 15) is 0 Å². The van der Waals surface area contributed by atoms with Crippen LogP contribution in [0.5, 0.6) is 0 Å². The van der Waals surface area contributed by atoms with Crippen molar-refractivity contribution in [2.75, 3.05) is 6.61 Å². The Morgan fingerprint density at radius 1 is 1.32 bits per heavy atom. The van der Waals surface area contributed by atoms with E-state index < -0.39 is 8.07 Å². The van der Waals surface area contributed by atoms with Crippen molar-refractivity contribution >= 4 is 8.07 Å². The lowest BCUT2D eigenvalue weighted by Crippen LogP contribution is -2.22. The summed E-state index contributed by atoms with van der Waals surface area (Å²) in [5.74, 6) is 0. The summed E-state index contributed by atoms with van der Waals surface area (Å²) in [5.41, 5.74) is 3.92. The molecule has 1 heterocycles. The fourth-order valence-electron chi connectivity index (χ4n) is 2.17. The van der Waals surface area contributed by atoms with E-state index in [0.717, 1.165) is 29.3 Å². The first-order chi connectivity index (χ1) is 10.4. The van der Waals surface area contributed by atoms with Crippen molar-refractivity contribution in [3.63, 3.8) is 0 Å². The summed E-state index contributed by atoms with van der Waals surface area (Å²) in [7, 11) is -1.04. The number of rotatable bonds is 6. The lowest BCUT2D eigenvalue weighted by Gasteiger charge is -2.15. The number of nitrogens with zero attached hydrogens (tertiary/aromatic N) is 3. The Balaban J connectivity index is 1.98. The third-order valence-electron chi connectivity index (χ3n) is 3.52. The van der Waals surface area contributed by atoms with E-state index in [0.29, 0.717) is 12.3 Å². The van der Waals surface area contributed by atoms with E-state index in [2.05, 4.69) is 30.8 Å². The van der Waals surface area contributed by atoms with Crippen LogP contribution < -0.4 is 0 Å². The largest absolute Gasteiger partial charge is 0.360 e. The molecule has 0 radical (unpaired) electrons. The highest BCUT2D eigenvalue weighted by atomic mass is 28.3. The van der Waals surface area contributed by atoms with Crippen LogP contribution >= 0.6 is 0 Å². The van der Waals surface area contributed by atoms with Gasteiger partial charge in [-0.25, -0.2) is 4.68 Å². The van der Waals surface area contributed by atoms with Gasteiger partial charge in [0.05, 0.1) is 17.8 Å². The molecule has 0 N–H and O–H groups in total. The topological polar surface area (TPSA) is 50.8 Å². The molecule has 0 atom stereocenters. The molecule has 0 aliphatic carbocycles. The lowest BCUT2D eigenvalue weighted by molar-refractivity contribution is 0.0786. The van der Waals surface area contributed by atoms with Crippen molar-refractivity contribution < 1.29 is 4.74 Å². The van der Waals surface area contributed by atoms with Crippen molar-refractivity contribution in [1.29, 1.82) is 5.26 Å². The number of hydrogen-bond donors (Lipinski definition) is 0. The molecule has 0 saturated carbocycles. The molecule has 2 aromatic rings. The molecule has 0 saturated heterocycles. The van der Waals surface area contributed by atoms with Gasteiger partial charge >= 0.3 is 0 Å². The van der Waals surface area contributed by atoms with Crippen molar-refractivity contribution in [3.8, 4) is 17.2 Å². The molecule has 0 unspecified atom stereocenters. The smallest absolute Gasteiger partial charge is 0.139 e. The minimum atomic E-state index is -1.04. The van der Waals surface area contributed by atoms with Crippen LogP contribution in [-0.2, 0) is 11.5 Å². The van der Waals surface area contributed by atoms with E-state index in [1.165, 1.54) is 0 Å². The van der Waals surface area contributed by atoms with E-state index in [4.69, 9.17) is 10.00 Å². The Morgan fingerprint density at radius 2 is 2.09 bits per heavy atom. The van der Waals surface area contributed by atoms with Crippen LogP contribution in [0.4, 0.5) is 0 Å². The standard InChI is InChI=1S/C17H23N3OSi/c1-14-9-15(10-18)5-6-17(14)16-11-19-20(12-16)13-21-7-8-22(2,3)4/h5-6,9,11-12H,7-8,13H2,1-4H3. The normalized spacial score (nSPS) is 11.4. The summed E-state index contributed by atoms with van der Waals surface area (Å²) < 4.78 is 7.52. The van der Waals surface area contributed by atoms with Crippen molar-refractivity contribution in [1.82, 2.24) is 9.78 Å². The third-order valence-corrected chi connectivity index (χ3v) is 5.22. The molecule has 0 amide bonds. The zero-order valence-corrected chi connectivity index (χ0v) is 14.8. The van der Waals surface area contributed by atoms with Gasteiger partial charge in [0.25, 0.3) is 0 Å². The minimum absolute atomic E-state index is 0.486. The second-order valence-corrected chi connectivity index (χ2v) is 12.4. The summed E-state index contributed by atoms with van der Waals surface area (Å²) >= 11 is 0. The zero-order chi connectivity index (χ0) is 16.2. The van der Waals surface area contributed by atoms with Gasteiger partial charge in [-0.05, 0) is 36.2 Å². The molecule has 0 aliphatic heterocycles. The summed E-state index contributed by atoms with van der Waals surface area (Å²) in [6.45, 7) is 10.3. The van der Waals surface area contributed by atoms with Crippen molar-refractivity contribution in [2.45, 2.75) is 39.3 Å². The predicted molar refractivity (Wildman–Crippen MR) is 91.2 cm³/mol. The number of aromatic nitrogens is 2. The van der Waals surface area contributed by atoms with Crippen LogP contribution in [0.2, 0.25) is 25.7 Å². The van der Waals surface area contributed by atoms with Gasteiger partial charge in [-0.3, -0.25) is 0 Å². The zero-order valence-electron chi connectivity index (χ0n) is 13.8. The van der Waals surface area contributed by atoms with Gasteiger partial charge in [0.15, 0.2) is 0 Å². The van der Waals surface area contributed by atoms with Gasteiger partial charge in [0, 0.05) is 26.4 Å². The number of ether oxygens (including phenoxy) is 1. The molecule has 1 aromatic heterocycles. The summed E-state index contributed by atoms with van der Waals surface area (Å²) in [6.07, 6.45) is 3.83. The molecule has 0 spiro atoms. The van der Waals surface area contributed by atoms with Gasteiger partial charge in [-0.1, -0.05) is 25.7 Å². The van der Waals surface area contributed by atoms with Crippen molar-refractivity contribution in [3.05, 3.63) is 41.7 Å². The van der Waals surface area contributed by atoms with Crippen LogP contribution in [0, 0.1) is 18.3 Å². The van der Waals surface area contributed by atoms with Crippen LogP contribution in [0.3, 0.4) is 0 Å². The van der Waals surface area contributed by atoms with Gasteiger partial charge in [-0.2, -0.15) is 10.4 Å². The average Bonchev–Trinajstić information content (AvgIpc) is 2.91.